The number of carbonyl (C=O) groups excluding carboxylic acids is 1. The van der Waals surface area contributed by atoms with E-state index in [4.69, 9.17) is 0 Å². The van der Waals surface area contributed by atoms with E-state index in [-0.39, 0.29) is 17.5 Å². The van der Waals surface area contributed by atoms with Crippen LogP contribution in [0.25, 0.3) is 0 Å². The number of hydrogen-bond donors (Lipinski definition) is 2. The maximum absolute atomic E-state index is 13.7. The van der Waals surface area contributed by atoms with Crippen molar-refractivity contribution in [3.63, 3.8) is 0 Å². The Kier molecular flexibility index (Phi) is 4.53. The summed E-state index contributed by atoms with van der Waals surface area (Å²) in [5, 5.41) is 6.22. The Labute approximate surface area is 113 Å². The molecule has 1 aromatic carbocycles. The van der Waals surface area contributed by atoms with E-state index >= 15 is 0 Å². The Morgan fingerprint density at radius 3 is 2.74 bits per heavy atom. The molecule has 2 rings (SSSR count). The van der Waals surface area contributed by atoms with Crippen molar-refractivity contribution in [1.82, 2.24) is 10.6 Å². The molecule has 19 heavy (non-hydrogen) atoms. The molecule has 0 spiro atoms. The number of carbonyl (C=O) groups is 1. The van der Waals surface area contributed by atoms with Crippen LogP contribution in [0.4, 0.5) is 4.39 Å². The number of nitrogens with one attached hydrogen (secondary N) is 2. The first-order valence-corrected chi connectivity index (χ1v) is 6.85. The predicted molar refractivity (Wildman–Crippen MR) is 73.7 cm³/mol. The minimum absolute atomic E-state index is 0.0790. The molecule has 1 fully saturated rings. The molecule has 4 heteroatoms. The number of amides is 1. The van der Waals surface area contributed by atoms with Gasteiger partial charge in [-0.05, 0) is 63.4 Å². The summed E-state index contributed by atoms with van der Waals surface area (Å²) in [5.41, 5.74) is 0.951. The molecule has 1 saturated heterocycles. The standard InChI is InChI=1S/C15H21FN2O/c1-10-3-4-13(14(16)9-10)15(19)18-11(2)12-5-7-17-8-6-12/h3-4,9,11-12,17H,5-8H2,1-2H3,(H,18,19). The van der Waals surface area contributed by atoms with Crippen LogP contribution < -0.4 is 10.6 Å². The highest BCUT2D eigenvalue weighted by molar-refractivity contribution is 5.94. The van der Waals surface area contributed by atoms with E-state index in [9.17, 15) is 9.18 Å². The number of halogens is 1. The fraction of sp³-hybridized carbons (Fsp3) is 0.533. The largest absolute Gasteiger partial charge is 0.349 e. The number of benzene rings is 1. The van der Waals surface area contributed by atoms with Crippen molar-refractivity contribution < 1.29 is 9.18 Å². The van der Waals surface area contributed by atoms with Gasteiger partial charge in [-0.1, -0.05) is 6.07 Å². The summed E-state index contributed by atoms with van der Waals surface area (Å²) in [5.74, 6) is -0.294. The summed E-state index contributed by atoms with van der Waals surface area (Å²) in [6.45, 7) is 5.79. The molecule has 3 nitrogen and oxygen atoms in total. The van der Waals surface area contributed by atoms with Gasteiger partial charge in [-0.25, -0.2) is 4.39 Å². The second-order valence-electron chi connectivity index (χ2n) is 5.33. The van der Waals surface area contributed by atoms with Gasteiger partial charge in [-0.3, -0.25) is 4.79 Å². The van der Waals surface area contributed by atoms with Crippen LogP contribution in [0.1, 0.15) is 35.7 Å². The summed E-state index contributed by atoms with van der Waals surface area (Å²) in [6.07, 6.45) is 2.11. The summed E-state index contributed by atoms with van der Waals surface area (Å²) in [4.78, 5) is 12.1. The molecular weight excluding hydrogens is 243 g/mol. The van der Waals surface area contributed by atoms with Crippen LogP contribution in [0.2, 0.25) is 0 Å². The molecule has 1 amide bonds. The second-order valence-corrected chi connectivity index (χ2v) is 5.33. The van der Waals surface area contributed by atoms with Crippen molar-refractivity contribution in [2.75, 3.05) is 13.1 Å². The quantitative estimate of drug-likeness (QED) is 0.879. The molecule has 0 aliphatic carbocycles. The topological polar surface area (TPSA) is 41.1 Å². The molecule has 2 N–H and O–H groups in total. The average molecular weight is 264 g/mol. The highest BCUT2D eigenvalue weighted by Crippen LogP contribution is 2.17. The zero-order chi connectivity index (χ0) is 13.8. The van der Waals surface area contributed by atoms with Gasteiger partial charge >= 0.3 is 0 Å². The van der Waals surface area contributed by atoms with Gasteiger partial charge in [-0.2, -0.15) is 0 Å². The van der Waals surface area contributed by atoms with Gasteiger partial charge in [0.25, 0.3) is 5.91 Å². The minimum atomic E-state index is -0.449. The Morgan fingerprint density at radius 1 is 1.42 bits per heavy atom. The van der Waals surface area contributed by atoms with E-state index in [0.717, 1.165) is 31.5 Å². The van der Waals surface area contributed by atoms with E-state index in [1.54, 1.807) is 12.1 Å². The molecule has 1 aromatic rings. The molecule has 1 atom stereocenters. The van der Waals surface area contributed by atoms with E-state index in [2.05, 4.69) is 10.6 Å². The maximum Gasteiger partial charge on any atom is 0.254 e. The zero-order valence-electron chi connectivity index (χ0n) is 11.5. The van der Waals surface area contributed by atoms with Crippen LogP contribution in [0.5, 0.6) is 0 Å². The molecule has 1 aliphatic rings. The van der Waals surface area contributed by atoms with Gasteiger partial charge in [-0.15, -0.1) is 0 Å². The van der Waals surface area contributed by atoms with Gasteiger partial charge in [0.05, 0.1) is 5.56 Å². The van der Waals surface area contributed by atoms with Gasteiger partial charge in [0, 0.05) is 6.04 Å². The zero-order valence-corrected chi connectivity index (χ0v) is 11.5. The highest BCUT2D eigenvalue weighted by Gasteiger charge is 2.22. The van der Waals surface area contributed by atoms with E-state index in [0.29, 0.717) is 5.92 Å². The summed E-state index contributed by atoms with van der Waals surface area (Å²) in [6, 6.07) is 4.78. The van der Waals surface area contributed by atoms with Crippen molar-refractivity contribution in [1.29, 1.82) is 0 Å². The first-order chi connectivity index (χ1) is 9.08. The van der Waals surface area contributed by atoms with Gasteiger partial charge in [0.15, 0.2) is 0 Å². The lowest BCUT2D eigenvalue weighted by Gasteiger charge is -2.28. The van der Waals surface area contributed by atoms with Crippen LogP contribution in [-0.2, 0) is 0 Å². The molecule has 1 heterocycles. The Morgan fingerprint density at radius 2 is 2.11 bits per heavy atom. The molecule has 104 valence electrons. The second kappa shape index (κ2) is 6.15. The van der Waals surface area contributed by atoms with Gasteiger partial charge in [0.2, 0.25) is 0 Å². The number of aryl methyl sites for hydroxylation is 1. The van der Waals surface area contributed by atoms with Crippen molar-refractivity contribution in [3.05, 3.63) is 35.1 Å². The van der Waals surface area contributed by atoms with Crippen molar-refractivity contribution in [2.24, 2.45) is 5.92 Å². The Bertz CT molecular complexity index is 455. The van der Waals surface area contributed by atoms with Crippen LogP contribution in [0.15, 0.2) is 18.2 Å². The number of rotatable bonds is 3. The fourth-order valence-corrected chi connectivity index (χ4v) is 2.55. The first kappa shape index (κ1) is 14.0. The molecule has 1 aliphatic heterocycles. The molecule has 0 bridgehead atoms. The first-order valence-electron chi connectivity index (χ1n) is 6.85. The number of piperidine rings is 1. The molecule has 0 saturated carbocycles. The monoisotopic (exact) mass is 264 g/mol. The highest BCUT2D eigenvalue weighted by atomic mass is 19.1. The molecule has 1 unspecified atom stereocenters. The van der Waals surface area contributed by atoms with Gasteiger partial charge < -0.3 is 10.6 Å². The SMILES string of the molecule is Cc1ccc(C(=O)NC(C)C2CCNCC2)c(F)c1. The lowest BCUT2D eigenvalue weighted by molar-refractivity contribution is 0.0916. The Hall–Kier alpha value is -1.42. The van der Waals surface area contributed by atoms with E-state index in [1.807, 2.05) is 13.8 Å². The van der Waals surface area contributed by atoms with Crippen LogP contribution in [-0.4, -0.2) is 25.0 Å². The summed E-state index contributed by atoms with van der Waals surface area (Å²) >= 11 is 0. The van der Waals surface area contributed by atoms with E-state index < -0.39 is 5.82 Å². The molecular formula is C15H21FN2O. The van der Waals surface area contributed by atoms with Crippen molar-refractivity contribution >= 4 is 5.91 Å². The normalized spacial score (nSPS) is 18.1. The third-order valence-corrected chi connectivity index (χ3v) is 3.82. The smallest absolute Gasteiger partial charge is 0.254 e. The van der Waals surface area contributed by atoms with Gasteiger partial charge in [0.1, 0.15) is 5.82 Å². The van der Waals surface area contributed by atoms with Crippen molar-refractivity contribution in [2.45, 2.75) is 32.7 Å². The third kappa shape index (κ3) is 3.53. The predicted octanol–water partition coefficient (Wildman–Crippen LogP) is 2.25. The molecule has 0 radical (unpaired) electrons. The third-order valence-electron chi connectivity index (χ3n) is 3.82. The summed E-state index contributed by atoms with van der Waals surface area (Å²) in [7, 11) is 0. The van der Waals surface area contributed by atoms with Crippen LogP contribution >= 0.6 is 0 Å². The molecule has 0 aromatic heterocycles. The minimum Gasteiger partial charge on any atom is -0.349 e. The van der Waals surface area contributed by atoms with Crippen LogP contribution in [0.3, 0.4) is 0 Å². The maximum atomic E-state index is 13.7. The lowest BCUT2D eigenvalue weighted by Crippen LogP contribution is -2.42. The fourth-order valence-electron chi connectivity index (χ4n) is 2.55. The van der Waals surface area contributed by atoms with Crippen molar-refractivity contribution in [3.8, 4) is 0 Å². The number of hydrogen-bond acceptors (Lipinski definition) is 2. The van der Waals surface area contributed by atoms with E-state index in [1.165, 1.54) is 6.07 Å². The lowest BCUT2D eigenvalue weighted by atomic mass is 9.91. The van der Waals surface area contributed by atoms with Crippen LogP contribution in [0, 0.1) is 18.7 Å². The average Bonchev–Trinajstić information content (AvgIpc) is 2.39. The summed E-state index contributed by atoms with van der Waals surface area (Å²) < 4.78 is 13.7. The Balaban J connectivity index is 1.99.